The largest absolute Gasteiger partial charge is 0.387 e. The van der Waals surface area contributed by atoms with Crippen LogP contribution in [0.4, 0.5) is 8.78 Å². The zero-order valence-corrected chi connectivity index (χ0v) is 14.0. The summed E-state index contributed by atoms with van der Waals surface area (Å²) in [6, 6.07) is 2.13. The van der Waals surface area contributed by atoms with Crippen molar-refractivity contribution in [1.29, 1.82) is 0 Å². The van der Waals surface area contributed by atoms with Crippen LogP contribution in [-0.4, -0.2) is 37.0 Å². The highest BCUT2D eigenvalue weighted by Gasteiger charge is 2.30. The molecule has 0 radical (unpaired) electrons. The number of hydrogen-bond donors (Lipinski definition) is 2. The Bertz CT molecular complexity index is 654. The van der Waals surface area contributed by atoms with E-state index in [1.165, 1.54) is 17.3 Å². The molecule has 0 spiro atoms. The Kier molecular flexibility index (Phi) is 5.72. The Morgan fingerprint density at radius 1 is 1.35 bits per heavy atom. The molecule has 1 aromatic rings. The molecular formula is C15H22F2N2O3S. The molecule has 5 nitrogen and oxygen atoms in total. The van der Waals surface area contributed by atoms with Crippen molar-refractivity contribution in [3.63, 3.8) is 0 Å². The quantitative estimate of drug-likeness (QED) is 0.855. The Balaban J connectivity index is 2.07. The number of nitrogens with one attached hydrogen (secondary N) is 1. The number of halogens is 2. The SMILES string of the molecule is C[C@@H]1CCCN(S(=O)(=O)N[C@H](C)[C@H](O)c2ccc(F)c(F)c2)C1. The maximum absolute atomic E-state index is 13.2. The monoisotopic (exact) mass is 348 g/mol. The molecular weight excluding hydrogens is 326 g/mol. The van der Waals surface area contributed by atoms with Crippen LogP contribution in [0.25, 0.3) is 0 Å². The lowest BCUT2D eigenvalue weighted by molar-refractivity contribution is 0.144. The van der Waals surface area contributed by atoms with Gasteiger partial charge in [0.2, 0.25) is 0 Å². The second-order valence-corrected chi connectivity index (χ2v) is 7.84. The Morgan fingerprint density at radius 3 is 2.65 bits per heavy atom. The van der Waals surface area contributed by atoms with Crippen LogP contribution < -0.4 is 4.72 Å². The molecule has 2 N–H and O–H groups in total. The third-order valence-electron chi connectivity index (χ3n) is 4.05. The zero-order chi connectivity index (χ0) is 17.2. The predicted molar refractivity (Wildman–Crippen MR) is 82.8 cm³/mol. The van der Waals surface area contributed by atoms with Gasteiger partial charge in [-0.1, -0.05) is 13.0 Å². The van der Waals surface area contributed by atoms with Gasteiger partial charge in [-0.25, -0.2) is 8.78 Å². The first-order valence-electron chi connectivity index (χ1n) is 7.61. The van der Waals surface area contributed by atoms with Crippen molar-refractivity contribution in [2.24, 2.45) is 5.92 Å². The summed E-state index contributed by atoms with van der Waals surface area (Å²) in [5.41, 5.74) is 0.117. The van der Waals surface area contributed by atoms with Gasteiger partial charge in [-0.15, -0.1) is 0 Å². The van der Waals surface area contributed by atoms with Crippen molar-refractivity contribution in [1.82, 2.24) is 9.03 Å². The van der Waals surface area contributed by atoms with Crippen LogP contribution in [0.1, 0.15) is 38.4 Å². The number of piperidine rings is 1. The molecule has 23 heavy (non-hydrogen) atoms. The molecule has 1 aliphatic rings. The molecule has 1 aromatic carbocycles. The topological polar surface area (TPSA) is 69.6 Å². The zero-order valence-electron chi connectivity index (χ0n) is 13.2. The van der Waals surface area contributed by atoms with E-state index in [9.17, 15) is 22.3 Å². The molecule has 8 heteroatoms. The molecule has 3 atom stereocenters. The predicted octanol–water partition coefficient (Wildman–Crippen LogP) is 1.95. The second-order valence-electron chi connectivity index (χ2n) is 6.14. The summed E-state index contributed by atoms with van der Waals surface area (Å²) in [6.07, 6.45) is 0.503. The lowest BCUT2D eigenvalue weighted by atomic mass is 10.0. The van der Waals surface area contributed by atoms with Crippen molar-refractivity contribution in [2.45, 2.75) is 38.8 Å². The Labute approximate surface area is 135 Å². The molecule has 0 bridgehead atoms. The van der Waals surface area contributed by atoms with Gasteiger partial charge >= 0.3 is 0 Å². The second kappa shape index (κ2) is 7.21. The Hall–Kier alpha value is -1.09. The summed E-state index contributed by atoms with van der Waals surface area (Å²) in [5, 5.41) is 10.2. The molecule has 1 heterocycles. The highest BCUT2D eigenvalue weighted by atomic mass is 32.2. The minimum Gasteiger partial charge on any atom is -0.387 e. The molecule has 0 aliphatic carbocycles. The molecule has 2 rings (SSSR count). The van der Waals surface area contributed by atoms with Gasteiger partial charge in [-0.2, -0.15) is 17.4 Å². The summed E-state index contributed by atoms with van der Waals surface area (Å²) in [7, 11) is -3.73. The summed E-state index contributed by atoms with van der Waals surface area (Å²) < 4.78 is 54.7. The molecule has 0 aromatic heterocycles. The van der Waals surface area contributed by atoms with E-state index in [2.05, 4.69) is 4.72 Å². The van der Waals surface area contributed by atoms with Gasteiger partial charge in [0.05, 0.1) is 12.1 Å². The fourth-order valence-corrected chi connectivity index (χ4v) is 4.29. The van der Waals surface area contributed by atoms with Crippen LogP contribution in [0.15, 0.2) is 18.2 Å². The highest BCUT2D eigenvalue weighted by Crippen LogP contribution is 2.22. The Morgan fingerprint density at radius 2 is 2.04 bits per heavy atom. The maximum Gasteiger partial charge on any atom is 0.279 e. The smallest absolute Gasteiger partial charge is 0.279 e. The summed E-state index contributed by atoms with van der Waals surface area (Å²) in [6.45, 7) is 4.34. The summed E-state index contributed by atoms with van der Waals surface area (Å²) in [5.74, 6) is -1.82. The minimum absolute atomic E-state index is 0.117. The third kappa shape index (κ3) is 4.47. The van der Waals surface area contributed by atoms with Crippen molar-refractivity contribution < 1.29 is 22.3 Å². The van der Waals surface area contributed by atoms with Gasteiger partial charge in [-0.05, 0) is 43.4 Å². The van der Waals surface area contributed by atoms with Crippen LogP contribution in [0.5, 0.6) is 0 Å². The fraction of sp³-hybridized carbons (Fsp3) is 0.600. The first kappa shape index (κ1) is 18.3. The van der Waals surface area contributed by atoms with Crippen molar-refractivity contribution in [2.75, 3.05) is 13.1 Å². The van der Waals surface area contributed by atoms with Crippen LogP contribution in [0.2, 0.25) is 0 Å². The standard InChI is InChI=1S/C15H22F2N2O3S/c1-10-4-3-7-19(9-10)23(21,22)18-11(2)15(20)12-5-6-13(16)14(17)8-12/h5-6,8,10-11,15,18,20H,3-4,7,9H2,1-2H3/t10-,11-,15+/m1/s1. The molecule has 0 saturated carbocycles. The van der Waals surface area contributed by atoms with Crippen LogP contribution in [-0.2, 0) is 10.2 Å². The van der Waals surface area contributed by atoms with E-state index < -0.39 is 34.0 Å². The first-order chi connectivity index (χ1) is 10.7. The molecule has 1 saturated heterocycles. The number of rotatable bonds is 5. The van der Waals surface area contributed by atoms with Crippen molar-refractivity contribution >= 4 is 10.2 Å². The number of aliphatic hydroxyl groups is 1. The van der Waals surface area contributed by atoms with Gasteiger partial charge in [0.1, 0.15) is 0 Å². The van der Waals surface area contributed by atoms with E-state index in [1.807, 2.05) is 6.92 Å². The lowest BCUT2D eigenvalue weighted by Crippen LogP contribution is -2.49. The maximum atomic E-state index is 13.2. The first-order valence-corrected chi connectivity index (χ1v) is 9.05. The molecule has 130 valence electrons. The molecule has 1 aliphatic heterocycles. The molecule has 0 amide bonds. The van der Waals surface area contributed by atoms with Gasteiger partial charge in [0.15, 0.2) is 11.6 Å². The third-order valence-corrected chi connectivity index (χ3v) is 5.73. The van der Waals surface area contributed by atoms with Crippen molar-refractivity contribution in [3.05, 3.63) is 35.4 Å². The summed E-state index contributed by atoms with van der Waals surface area (Å²) in [4.78, 5) is 0. The van der Waals surface area contributed by atoms with Gasteiger partial charge in [-0.3, -0.25) is 0 Å². The van der Waals surface area contributed by atoms with Crippen molar-refractivity contribution in [3.8, 4) is 0 Å². The average Bonchev–Trinajstić information content (AvgIpc) is 2.49. The van der Waals surface area contributed by atoms with E-state index in [0.717, 1.165) is 25.0 Å². The molecule has 1 fully saturated rings. The number of nitrogens with zero attached hydrogens (tertiary/aromatic N) is 1. The van der Waals surface area contributed by atoms with Gasteiger partial charge < -0.3 is 5.11 Å². The average molecular weight is 348 g/mol. The number of hydrogen-bond acceptors (Lipinski definition) is 3. The summed E-state index contributed by atoms with van der Waals surface area (Å²) >= 11 is 0. The fourth-order valence-electron chi connectivity index (χ4n) is 2.72. The molecule has 0 unspecified atom stereocenters. The van der Waals surface area contributed by atoms with Gasteiger partial charge in [0.25, 0.3) is 10.2 Å². The van der Waals surface area contributed by atoms with E-state index in [-0.39, 0.29) is 11.5 Å². The minimum atomic E-state index is -3.73. The van der Waals surface area contributed by atoms with Gasteiger partial charge in [0, 0.05) is 13.1 Å². The normalized spacial score (nSPS) is 22.7. The van der Waals surface area contributed by atoms with Crippen LogP contribution >= 0.6 is 0 Å². The van der Waals surface area contributed by atoms with Crippen LogP contribution in [0, 0.1) is 17.6 Å². The van der Waals surface area contributed by atoms with E-state index >= 15 is 0 Å². The van der Waals surface area contributed by atoms with E-state index in [0.29, 0.717) is 13.1 Å². The highest BCUT2D eigenvalue weighted by molar-refractivity contribution is 7.87. The van der Waals surface area contributed by atoms with E-state index in [4.69, 9.17) is 0 Å². The number of aliphatic hydroxyl groups excluding tert-OH is 1. The van der Waals surface area contributed by atoms with Crippen LogP contribution in [0.3, 0.4) is 0 Å². The lowest BCUT2D eigenvalue weighted by Gasteiger charge is -2.32. The van der Waals surface area contributed by atoms with E-state index in [1.54, 1.807) is 0 Å². The number of benzene rings is 1.